The van der Waals surface area contributed by atoms with Crippen LogP contribution in [0, 0.1) is 5.92 Å². The molecule has 3 nitrogen and oxygen atoms in total. The zero-order chi connectivity index (χ0) is 13.6. The van der Waals surface area contributed by atoms with E-state index in [0.717, 1.165) is 25.2 Å². The Bertz CT molecular complexity index is 276. The van der Waals surface area contributed by atoms with Gasteiger partial charge < -0.3 is 9.47 Å². The Kier molecular flexibility index (Phi) is 5.68. The maximum absolute atomic E-state index is 11.9. The van der Waals surface area contributed by atoms with E-state index in [2.05, 4.69) is 0 Å². The van der Waals surface area contributed by atoms with Gasteiger partial charge in [-0.05, 0) is 25.2 Å². The minimum atomic E-state index is -0.558. The van der Waals surface area contributed by atoms with Crippen molar-refractivity contribution in [2.45, 2.75) is 76.7 Å². The van der Waals surface area contributed by atoms with Crippen molar-refractivity contribution in [3.8, 4) is 0 Å². The number of rotatable bonds is 6. The van der Waals surface area contributed by atoms with E-state index in [-0.39, 0.29) is 5.97 Å². The van der Waals surface area contributed by atoms with Crippen molar-refractivity contribution in [1.29, 1.82) is 0 Å². The van der Waals surface area contributed by atoms with Crippen molar-refractivity contribution in [3.63, 3.8) is 0 Å². The van der Waals surface area contributed by atoms with Gasteiger partial charge in [-0.15, -0.1) is 0 Å². The summed E-state index contributed by atoms with van der Waals surface area (Å²) in [5.74, 6) is 0.667. The van der Waals surface area contributed by atoms with Gasteiger partial charge in [0.05, 0.1) is 13.2 Å². The third-order valence-electron chi connectivity index (χ3n) is 4.48. The first kappa shape index (κ1) is 14.8. The first-order valence-corrected chi connectivity index (χ1v) is 8.08. The number of hydrogen-bond donors (Lipinski definition) is 0. The molecule has 2 rings (SSSR count). The second-order valence-electron chi connectivity index (χ2n) is 6.17. The number of esters is 1. The lowest BCUT2D eigenvalue weighted by atomic mass is 9.86. The fourth-order valence-corrected chi connectivity index (χ4v) is 3.04. The average molecular weight is 268 g/mol. The quantitative estimate of drug-likeness (QED) is 0.542. The maximum Gasteiger partial charge on any atom is 0.340 e. The maximum atomic E-state index is 11.9. The summed E-state index contributed by atoms with van der Waals surface area (Å²) in [4.78, 5) is 11.9. The fraction of sp³-hybridized carbons (Fsp3) is 0.938. The van der Waals surface area contributed by atoms with E-state index < -0.39 is 5.60 Å². The molecule has 0 aromatic rings. The Labute approximate surface area is 117 Å². The lowest BCUT2D eigenvalue weighted by Crippen LogP contribution is -2.28. The lowest BCUT2D eigenvalue weighted by Gasteiger charge is -2.20. The van der Waals surface area contributed by atoms with E-state index in [1.54, 1.807) is 0 Å². The molecule has 19 heavy (non-hydrogen) atoms. The SMILES string of the molecule is CCCOC(=O)C1(CCC2CCCCCCC2)CO1. The summed E-state index contributed by atoms with van der Waals surface area (Å²) in [6.07, 6.45) is 12.4. The Morgan fingerprint density at radius 2 is 1.84 bits per heavy atom. The van der Waals surface area contributed by atoms with Crippen molar-refractivity contribution in [2.24, 2.45) is 5.92 Å². The van der Waals surface area contributed by atoms with Gasteiger partial charge >= 0.3 is 5.97 Å². The van der Waals surface area contributed by atoms with Crippen molar-refractivity contribution in [2.75, 3.05) is 13.2 Å². The van der Waals surface area contributed by atoms with Crippen LogP contribution in [0.1, 0.15) is 71.1 Å². The van der Waals surface area contributed by atoms with Crippen LogP contribution in [0.5, 0.6) is 0 Å². The number of ether oxygens (including phenoxy) is 2. The highest BCUT2D eigenvalue weighted by Gasteiger charge is 2.53. The Balaban J connectivity index is 1.72. The van der Waals surface area contributed by atoms with Gasteiger partial charge in [0.25, 0.3) is 0 Å². The molecule has 2 aliphatic rings. The molecule has 110 valence electrons. The zero-order valence-corrected chi connectivity index (χ0v) is 12.3. The predicted molar refractivity (Wildman–Crippen MR) is 75.0 cm³/mol. The minimum absolute atomic E-state index is 0.125. The summed E-state index contributed by atoms with van der Waals surface area (Å²) in [7, 11) is 0. The van der Waals surface area contributed by atoms with E-state index in [4.69, 9.17) is 9.47 Å². The molecule has 1 aliphatic carbocycles. The summed E-state index contributed by atoms with van der Waals surface area (Å²) in [5.41, 5.74) is -0.558. The van der Waals surface area contributed by atoms with Gasteiger partial charge in [0.2, 0.25) is 0 Å². The molecule has 0 radical (unpaired) electrons. The van der Waals surface area contributed by atoms with Gasteiger partial charge in [-0.1, -0.05) is 51.9 Å². The molecule has 0 amide bonds. The van der Waals surface area contributed by atoms with E-state index in [0.29, 0.717) is 13.2 Å². The normalized spacial score (nSPS) is 28.5. The van der Waals surface area contributed by atoms with E-state index in [1.165, 1.54) is 44.9 Å². The van der Waals surface area contributed by atoms with Gasteiger partial charge in [0, 0.05) is 0 Å². The molecular weight excluding hydrogens is 240 g/mol. The van der Waals surface area contributed by atoms with Crippen LogP contribution >= 0.6 is 0 Å². The van der Waals surface area contributed by atoms with E-state index in [1.807, 2.05) is 6.92 Å². The summed E-state index contributed by atoms with van der Waals surface area (Å²) >= 11 is 0. The van der Waals surface area contributed by atoms with Crippen molar-refractivity contribution >= 4 is 5.97 Å². The second kappa shape index (κ2) is 7.28. The summed E-state index contributed by atoms with van der Waals surface area (Å²) in [6, 6.07) is 0. The monoisotopic (exact) mass is 268 g/mol. The van der Waals surface area contributed by atoms with Gasteiger partial charge in [-0.2, -0.15) is 0 Å². The molecule has 0 aromatic carbocycles. The van der Waals surface area contributed by atoms with Crippen LogP contribution in [0.3, 0.4) is 0 Å². The molecule has 2 fully saturated rings. The minimum Gasteiger partial charge on any atom is -0.463 e. The van der Waals surface area contributed by atoms with Gasteiger partial charge in [-0.3, -0.25) is 0 Å². The molecular formula is C16H28O3. The molecule has 1 saturated heterocycles. The average Bonchev–Trinajstić information content (AvgIpc) is 3.16. The Morgan fingerprint density at radius 1 is 1.21 bits per heavy atom. The van der Waals surface area contributed by atoms with Crippen molar-refractivity contribution in [1.82, 2.24) is 0 Å². The summed E-state index contributed by atoms with van der Waals surface area (Å²) in [6.45, 7) is 3.11. The van der Waals surface area contributed by atoms with Crippen LogP contribution in [-0.4, -0.2) is 24.8 Å². The van der Waals surface area contributed by atoms with E-state index >= 15 is 0 Å². The third-order valence-corrected chi connectivity index (χ3v) is 4.48. The zero-order valence-electron chi connectivity index (χ0n) is 12.3. The molecule has 1 aliphatic heterocycles. The van der Waals surface area contributed by atoms with Crippen LogP contribution < -0.4 is 0 Å². The Morgan fingerprint density at radius 3 is 2.42 bits per heavy atom. The molecule has 0 bridgehead atoms. The lowest BCUT2D eigenvalue weighted by molar-refractivity contribution is -0.150. The number of epoxide rings is 1. The van der Waals surface area contributed by atoms with Crippen molar-refractivity contribution in [3.05, 3.63) is 0 Å². The van der Waals surface area contributed by atoms with Crippen LogP contribution in [0.15, 0.2) is 0 Å². The van der Waals surface area contributed by atoms with Crippen LogP contribution in [0.25, 0.3) is 0 Å². The predicted octanol–water partition coefficient (Wildman–Crippen LogP) is 3.85. The van der Waals surface area contributed by atoms with E-state index in [9.17, 15) is 4.79 Å². The van der Waals surface area contributed by atoms with Gasteiger partial charge in [0.15, 0.2) is 5.60 Å². The smallest absolute Gasteiger partial charge is 0.340 e. The molecule has 3 heteroatoms. The largest absolute Gasteiger partial charge is 0.463 e. The van der Waals surface area contributed by atoms with Crippen LogP contribution in [0.4, 0.5) is 0 Å². The summed E-state index contributed by atoms with van der Waals surface area (Å²) in [5, 5.41) is 0. The third kappa shape index (κ3) is 4.48. The molecule has 1 atom stereocenters. The molecule has 0 aromatic heterocycles. The van der Waals surface area contributed by atoms with Gasteiger partial charge in [0.1, 0.15) is 0 Å². The number of hydrogen-bond acceptors (Lipinski definition) is 3. The standard InChI is InChI=1S/C16H28O3/c1-2-12-18-15(17)16(13-19-16)11-10-14-8-6-4-3-5-7-9-14/h14H,2-13H2,1H3. The topological polar surface area (TPSA) is 38.8 Å². The molecule has 0 spiro atoms. The molecule has 1 saturated carbocycles. The first-order chi connectivity index (χ1) is 9.27. The first-order valence-electron chi connectivity index (χ1n) is 8.08. The highest BCUT2D eigenvalue weighted by atomic mass is 16.6. The van der Waals surface area contributed by atoms with Crippen LogP contribution in [-0.2, 0) is 14.3 Å². The summed E-state index contributed by atoms with van der Waals surface area (Å²) < 4.78 is 10.7. The fourth-order valence-electron chi connectivity index (χ4n) is 3.04. The Hall–Kier alpha value is -0.570. The number of carbonyl (C=O) groups excluding carboxylic acids is 1. The number of carbonyl (C=O) groups is 1. The highest BCUT2D eigenvalue weighted by Crippen LogP contribution is 2.37. The molecule has 1 unspecified atom stereocenters. The van der Waals surface area contributed by atoms with Crippen molar-refractivity contribution < 1.29 is 14.3 Å². The van der Waals surface area contributed by atoms with Gasteiger partial charge in [-0.25, -0.2) is 4.79 Å². The molecule has 0 N–H and O–H groups in total. The molecule has 1 heterocycles. The second-order valence-corrected chi connectivity index (χ2v) is 6.17. The highest BCUT2D eigenvalue weighted by molar-refractivity contribution is 5.82. The van der Waals surface area contributed by atoms with Crippen LogP contribution in [0.2, 0.25) is 0 Å².